The summed E-state index contributed by atoms with van der Waals surface area (Å²) in [6.07, 6.45) is 1.97. The van der Waals surface area contributed by atoms with Crippen molar-refractivity contribution in [2.45, 2.75) is 26.2 Å². The Labute approximate surface area is 140 Å². The van der Waals surface area contributed by atoms with E-state index in [1.165, 1.54) is 34.1 Å². The Morgan fingerprint density at radius 1 is 1.33 bits per heavy atom. The molecule has 1 fully saturated rings. The number of amides is 3. The average molecular weight is 335 g/mol. The topological polar surface area (TPSA) is 83.7 Å². The molecule has 1 aliphatic heterocycles. The van der Waals surface area contributed by atoms with Gasteiger partial charge in [-0.15, -0.1) is 0 Å². The molecule has 0 spiro atoms. The molecular formula is C17H22FN3O3. The number of benzene rings is 1. The smallest absolute Gasteiger partial charge is 0.239 e. The number of halogens is 1. The molecule has 1 heterocycles. The number of nitrogens with zero attached hydrogens (tertiary/aromatic N) is 2. The first-order valence-electron chi connectivity index (χ1n) is 8.08. The maximum absolute atomic E-state index is 13.0. The van der Waals surface area contributed by atoms with Gasteiger partial charge in [-0.25, -0.2) is 4.39 Å². The SMILES string of the molecule is CCCCN(CC(N)=O)C(=O)[C@H]1CCN(c2ccc(F)cc2)C1=O. The Kier molecular flexibility index (Phi) is 5.89. The van der Waals surface area contributed by atoms with Crippen molar-refractivity contribution in [3.63, 3.8) is 0 Å². The van der Waals surface area contributed by atoms with Gasteiger partial charge in [0.1, 0.15) is 11.7 Å². The number of unbranched alkanes of at least 4 members (excludes halogenated alkanes) is 1. The van der Waals surface area contributed by atoms with Crippen molar-refractivity contribution < 1.29 is 18.8 Å². The lowest BCUT2D eigenvalue weighted by atomic mass is 10.1. The van der Waals surface area contributed by atoms with Crippen molar-refractivity contribution in [1.29, 1.82) is 0 Å². The van der Waals surface area contributed by atoms with Gasteiger partial charge in [0.2, 0.25) is 17.7 Å². The van der Waals surface area contributed by atoms with Crippen molar-refractivity contribution >= 4 is 23.4 Å². The number of rotatable bonds is 7. The van der Waals surface area contributed by atoms with E-state index in [4.69, 9.17) is 5.73 Å². The molecule has 24 heavy (non-hydrogen) atoms. The highest BCUT2D eigenvalue weighted by molar-refractivity contribution is 6.10. The molecule has 0 aromatic heterocycles. The Hall–Kier alpha value is -2.44. The van der Waals surface area contributed by atoms with E-state index in [2.05, 4.69) is 0 Å². The number of primary amides is 1. The van der Waals surface area contributed by atoms with Crippen LogP contribution in [0, 0.1) is 11.7 Å². The molecule has 6 nitrogen and oxygen atoms in total. The third kappa shape index (κ3) is 4.10. The normalized spacial score (nSPS) is 17.2. The van der Waals surface area contributed by atoms with Crippen molar-refractivity contribution in [3.05, 3.63) is 30.1 Å². The van der Waals surface area contributed by atoms with Crippen molar-refractivity contribution in [2.75, 3.05) is 24.5 Å². The largest absolute Gasteiger partial charge is 0.368 e. The van der Waals surface area contributed by atoms with E-state index in [0.717, 1.165) is 12.8 Å². The molecule has 0 unspecified atom stereocenters. The van der Waals surface area contributed by atoms with Crippen LogP contribution in [-0.2, 0) is 14.4 Å². The van der Waals surface area contributed by atoms with E-state index in [1.807, 2.05) is 6.92 Å². The Morgan fingerprint density at radius 2 is 2.00 bits per heavy atom. The maximum atomic E-state index is 13.0. The fraction of sp³-hybridized carbons (Fsp3) is 0.471. The van der Waals surface area contributed by atoms with Crippen LogP contribution in [0.2, 0.25) is 0 Å². The highest BCUT2D eigenvalue weighted by atomic mass is 19.1. The number of anilines is 1. The van der Waals surface area contributed by atoms with Gasteiger partial charge in [-0.2, -0.15) is 0 Å². The summed E-state index contributed by atoms with van der Waals surface area (Å²) in [5.41, 5.74) is 5.77. The summed E-state index contributed by atoms with van der Waals surface area (Å²) in [6, 6.07) is 5.58. The van der Waals surface area contributed by atoms with E-state index < -0.39 is 11.8 Å². The fourth-order valence-corrected chi connectivity index (χ4v) is 2.81. The number of carbonyl (C=O) groups excluding carboxylic acids is 3. The van der Waals surface area contributed by atoms with Crippen molar-refractivity contribution in [3.8, 4) is 0 Å². The summed E-state index contributed by atoms with van der Waals surface area (Å²) in [4.78, 5) is 39.2. The molecule has 0 saturated carbocycles. The first-order chi connectivity index (χ1) is 11.4. The van der Waals surface area contributed by atoms with Gasteiger partial charge in [-0.3, -0.25) is 14.4 Å². The maximum Gasteiger partial charge on any atom is 0.239 e. The first-order valence-corrected chi connectivity index (χ1v) is 8.08. The van der Waals surface area contributed by atoms with Crippen molar-refractivity contribution in [1.82, 2.24) is 4.90 Å². The summed E-state index contributed by atoms with van der Waals surface area (Å²) in [6.45, 7) is 2.58. The lowest BCUT2D eigenvalue weighted by molar-refractivity contribution is -0.142. The minimum Gasteiger partial charge on any atom is -0.368 e. The number of carbonyl (C=O) groups is 3. The van der Waals surface area contributed by atoms with Crippen LogP contribution < -0.4 is 10.6 Å². The molecule has 0 aliphatic carbocycles. The predicted octanol–water partition coefficient (Wildman–Crippen LogP) is 1.29. The molecular weight excluding hydrogens is 313 g/mol. The molecule has 1 atom stereocenters. The number of hydrogen-bond donors (Lipinski definition) is 1. The fourth-order valence-electron chi connectivity index (χ4n) is 2.81. The van der Waals surface area contributed by atoms with Crippen LogP contribution in [-0.4, -0.2) is 42.3 Å². The molecule has 3 amide bonds. The molecule has 7 heteroatoms. The zero-order valence-corrected chi connectivity index (χ0v) is 13.7. The molecule has 130 valence electrons. The zero-order valence-electron chi connectivity index (χ0n) is 13.7. The van der Waals surface area contributed by atoms with E-state index in [0.29, 0.717) is 25.2 Å². The monoisotopic (exact) mass is 335 g/mol. The predicted molar refractivity (Wildman–Crippen MR) is 87.5 cm³/mol. The summed E-state index contributed by atoms with van der Waals surface area (Å²) >= 11 is 0. The van der Waals surface area contributed by atoms with Gasteiger partial charge in [-0.1, -0.05) is 13.3 Å². The van der Waals surface area contributed by atoms with Crippen LogP contribution in [0.1, 0.15) is 26.2 Å². The molecule has 1 saturated heterocycles. The van der Waals surface area contributed by atoms with Crippen molar-refractivity contribution in [2.24, 2.45) is 11.7 Å². The van der Waals surface area contributed by atoms with Crippen LogP contribution in [0.25, 0.3) is 0 Å². The summed E-state index contributed by atoms with van der Waals surface area (Å²) in [5.74, 6) is -2.48. The third-order valence-electron chi connectivity index (χ3n) is 4.08. The molecule has 0 radical (unpaired) electrons. The van der Waals surface area contributed by atoms with E-state index in [-0.39, 0.29) is 24.2 Å². The third-order valence-corrected chi connectivity index (χ3v) is 4.08. The average Bonchev–Trinajstić information content (AvgIpc) is 2.93. The van der Waals surface area contributed by atoms with Gasteiger partial charge >= 0.3 is 0 Å². The van der Waals surface area contributed by atoms with E-state index >= 15 is 0 Å². The van der Waals surface area contributed by atoms with Gasteiger partial charge in [0.05, 0.1) is 6.54 Å². The summed E-state index contributed by atoms with van der Waals surface area (Å²) in [5, 5.41) is 0. The zero-order chi connectivity index (χ0) is 17.7. The Morgan fingerprint density at radius 3 is 2.58 bits per heavy atom. The van der Waals surface area contributed by atoms with Crippen LogP contribution in [0.15, 0.2) is 24.3 Å². The Balaban J connectivity index is 2.10. The standard InChI is InChI=1S/C17H22FN3O3/c1-2-3-9-20(11-15(19)22)16(23)14-8-10-21(17(14)24)13-6-4-12(18)5-7-13/h4-7,14H,2-3,8-11H2,1H3,(H2,19,22)/t14-/m1/s1. The molecule has 1 aromatic rings. The first kappa shape index (κ1) is 17.9. The second kappa shape index (κ2) is 7.90. The van der Waals surface area contributed by atoms with E-state index in [9.17, 15) is 18.8 Å². The molecule has 2 N–H and O–H groups in total. The highest BCUT2D eigenvalue weighted by Crippen LogP contribution is 2.26. The van der Waals surface area contributed by atoms with Crippen LogP contribution in [0.4, 0.5) is 10.1 Å². The second-order valence-corrected chi connectivity index (χ2v) is 5.89. The summed E-state index contributed by atoms with van der Waals surface area (Å²) < 4.78 is 13.0. The minimum absolute atomic E-state index is 0.181. The van der Waals surface area contributed by atoms with E-state index in [1.54, 1.807) is 0 Å². The number of nitrogens with two attached hydrogens (primary N) is 1. The lowest BCUT2D eigenvalue weighted by Gasteiger charge is -2.24. The van der Waals surface area contributed by atoms with Gasteiger partial charge in [0.15, 0.2) is 0 Å². The second-order valence-electron chi connectivity index (χ2n) is 5.89. The molecule has 1 aliphatic rings. The molecule has 2 rings (SSSR count). The minimum atomic E-state index is -0.814. The molecule has 1 aromatic carbocycles. The Bertz CT molecular complexity index is 618. The van der Waals surface area contributed by atoms with Crippen LogP contribution >= 0.6 is 0 Å². The molecule has 0 bridgehead atoms. The van der Waals surface area contributed by atoms with Crippen LogP contribution in [0.5, 0.6) is 0 Å². The van der Waals surface area contributed by atoms with Crippen LogP contribution in [0.3, 0.4) is 0 Å². The highest BCUT2D eigenvalue weighted by Gasteiger charge is 2.39. The lowest BCUT2D eigenvalue weighted by Crippen LogP contribution is -2.44. The quantitative estimate of drug-likeness (QED) is 0.762. The van der Waals surface area contributed by atoms with Gasteiger partial charge in [0.25, 0.3) is 0 Å². The summed E-state index contributed by atoms with van der Waals surface area (Å²) in [7, 11) is 0. The number of hydrogen-bond acceptors (Lipinski definition) is 3. The van der Waals surface area contributed by atoms with Gasteiger partial charge < -0.3 is 15.5 Å². The van der Waals surface area contributed by atoms with Gasteiger partial charge in [0, 0.05) is 18.8 Å². The van der Waals surface area contributed by atoms with Gasteiger partial charge in [-0.05, 0) is 37.1 Å².